The molecule has 0 unspecified atom stereocenters. The van der Waals surface area contributed by atoms with Crippen molar-refractivity contribution >= 4 is 11.7 Å². The fourth-order valence-corrected chi connectivity index (χ4v) is 1.81. The summed E-state index contributed by atoms with van der Waals surface area (Å²) in [5.41, 5.74) is 18.1. The SMILES string of the molecule is C/C=C(\N=C(/N)c1ccnc(N)c1)N1CC(N)C1. The molecular weight excluding hydrogens is 228 g/mol. The topological polar surface area (TPSA) is 107 Å². The first-order chi connectivity index (χ1) is 8.60. The molecule has 6 N–H and O–H groups in total. The molecule has 1 saturated heterocycles. The second-order valence-electron chi connectivity index (χ2n) is 4.28. The number of likely N-dealkylation sites (tertiary alicyclic amines) is 1. The van der Waals surface area contributed by atoms with Crippen LogP contribution >= 0.6 is 0 Å². The fraction of sp³-hybridized carbons (Fsp3) is 0.333. The first kappa shape index (κ1) is 12.4. The molecule has 1 aromatic rings. The minimum absolute atomic E-state index is 0.230. The molecule has 1 aliphatic heterocycles. The van der Waals surface area contributed by atoms with E-state index in [9.17, 15) is 0 Å². The Bertz CT molecular complexity index is 487. The van der Waals surface area contributed by atoms with Crippen molar-refractivity contribution in [2.75, 3.05) is 18.8 Å². The van der Waals surface area contributed by atoms with Gasteiger partial charge in [0.2, 0.25) is 0 Å². The standard InChI is InChI=1S/C12H18N6/c1-2-11(18-6-9(13)7-18)17-12(15)8-3-4-16-10(14)5-8/h2-5,9H,6-7,13H2,1H3,(H2,14,16)(H2,15,17)/b11-2+. The largest absolute Gasteiger partial charge is 0.384 e. The molecule has 96 valence electrons. The number of hydrogen-bond donors (Lipinski definition) is 3. The summed E-state index contributed by atoms with van der Waals surface area (Å²) in [6.07, 6.45) is 3.53. The Hall–Kier alpha value is -2.08. The lowest BCUT2D eigenvalue weighted by Crippen LogP contribution is -2.54. The lowest BCUT2D eigenvalue weighted by molar-refractivity contribution is 0.199. The van der Waals surface area contributed by atoms with Gasteiger partial charge in [-0.1, -0.05) is 0 Å². The molecule has 18 heavy (non-hydrogen) atoms. The molecule has 2 rings (SSSR count). The van der Waals surface area contributed by atoms with Crippen molar-refractivity contribution in [3.8, 4) is 0 Å². The van der Waals surface area contributed by atoms with Crippen molar-refractivity contribution in [2.45, 2.75) is 13.0 Å². The molecular formula is C12H18N6. The Morgan fingerprint density at radius 3 is 2.83 bits per heavy atom. The highest BCUT2D eigenvalue weighted by Gasteiger charge is 2.24. The van der Waals surface area contributed by atoms with Gasteiger partial charge in [0.05, 0.1) is 0 Å². The zero-order valence-corrected chi connectivity index (χ0v) is 10.4. The highest BCUT2D eigenvalue weighted by Crippen LogP contribution is 2.15. The van der Waals surface area contributed by atoms with Crippen LogP contribution < -0.4 is 17.2 Å². The Labute approximate surface area is 106 Å². The van der Waals surface area contributed by atoms with E-state index in [-0.39, 0.29) is 6.04 Å². The van der Waals surface area contributed by atoms with Gasteiger partial charge in [-0.25, -0.2) is 9.98 Å². The molecule has 0 saturated carbocycles. The highest BCUT2D eigenvalue weighted by atomic mass is 15.3. The summed E-state index contributed by atoms with van der Waals surface area (Å²) in [6.45, 7) is 3.56. The first-order valence-corrected chi connectivity index (χ1v) is 5.83. The van der Waals surface area contributed by atoms with E-state index in [4.69, 9.17) is 17.2 Å². The van der Waals surface area contributed by atoms with Crippen LogP contribution in [0.1, 0.15) is 12.5 Å². The van der Waals surface area contributed by atoms with Crippen LogP contribution in [0, 0.1) is 0 Å². The predicted octanol–water partition coefficient (Wildman–Crippen LogP) is -0.127. The number of hydrogen-bond acceptors (Lipinski definition) is 5. The molecule has 0 radical (unpaired) electrons. The van der Waals surface area contributed by atoms with Gasteiger partial charge in [0.1, 0.15) is 17.5 Å². The molecule has 1 fully saturated rings. The number of aliphatic imine (C=N–C) groups is 1. The van der Waals surface area contributed by atoms with Crippen molar-refractivity contribution in [2.24, 2.45) is 16.5 Å². The summed E-state index contributed by atoms with van der Waals surface area (Å²) in [5, 5.41) is 0. The smallest absolute Gasteiger partial charge is 0.133 e. The molecule has 2 heterocycles. The molecule has 1 aromatic heterocycles. The summed E-state index contributed by atoms with van der Waals surface area (Å²) in [6, 6.07) is 3.71. The average Bonchev–Trinajstić information content (AvgIpc) is 2.32. The van der Waals surface area contributed by atoms with Gasteiger partial charge in [-0.2, -0.15) is 0 Å². The number of nitrogen functional groups attached to an aromatic ring is 1. The van der Waals surface area contributed by atoms with Gasteiger partial charge >= 0.3 is 0 Å². The third-order valence-electron chi connectivity index (χ3n) is 2.80. The maximum absolute atomic E-state index is 5.96. The summed E-state index contributed by atoms with van der Waals surface area (Å²) < 4.78 is 0. The summed E-state index contributed by atoms with van der Waals surface area (Å²) in [5.74, 6) is 1.70. The second kappa shape index (κ2) is 5.05. The van der Waals surface area contributed by atoms with E-state index in [0.717, 1.165) is 24.5 Å². The maximum atomic E-state index is 5.96. The van der Waals surface area contributed by atoms with Crippen molar-refractivity contribution in [1.29, 1.82) is 0 Å². The van der Waals surface area contributed by atoms with Crippen LogP contribution in [0.4, 0.5) is 5.82 Å². The summed E-state index contributed by atoms with van der Waals surface area (Å²) in [7, 11) is 0. The molecule has 6 nitrogen and oxygen atoms in total. The molecule has 0 atom stereocenters. The monoisotopic (exact) mass is 246 g/mol. The fourth-order valence-electron chi connectivity index (χ4n) is 1.81. The normalized spacial score (nSPS) is 17.8. The van der Waals surface area contributed by atoms with Crippen LogP contribution in [-0.4, -0.2) is 34.9 Å². The number of nitrogens with zero attached hydrogens (tertiary/aromatic N) is 3. The van der Waals surface area contributed by atoms with E-state index in [1.54, 1.807) is 18.3 Å². The van der Waals surface area contributed by atoms with Gasteiger partial charge in [-0.3, -0.25) is 0 Å². The Morgan fingerprint density at radius 2 is 2.28 bits per heavy atom. The second-order valence-corrected chi connectivity index (χ2v) is 4.28. The van der Waals surface area contributed by atoms with Crippen molar-refractivity contribution in [3.63, 3.8) is 0 Å². The van der Waals surface area contributed by atoms with E-state index < -0.39 is 0 Å². The number of nitrogens with two attached hydrogens (primary N) is 3. The van der Waals surface area contributed by atoms with Gasteiger partial charge in [0.25, 0.3) is 0 Å². The number of anilines is 1. The molecule has 6 heteroatoms. The molecule has 0 aliphatic carbocycles. The van der Waals surface area contributed by atoms with E-state index in [1.165, 1.54) is 0 Å². The quantitative estimate of drug-likeness (QED) is 0.509. The van der Waals surface area contributed by atoms with Crippen molar-refractivity contribution < 1.29 is 0 Å². The molecule has 1 aliphatic rings. The number of rotatable bonds is 3. The molecule has 0 aromatic carbocycles. The number of allylic oxidation sites excluding steroid dienone is 1. The molecule has 0 amide bonds. The van der Waals surface area contributed by atoms with Gasteiger partial charge in [0, 0.05) is 30.9 Å². The lowest BCUT2D eigenvalue weighted by Gasteiger charge is -2.38. The van der Waals surface area contributed by atoms with Gasteiger partial charge < -0.3 is 22.1 Å². The summed E-state index contributed by atoms with van der Waals surface area (Å²) in [4.78, 5) is 10.4. The van der Waals surface area contributed by atoms with Crippen molar-refractivity contribution in [3.05, 3.63) is 35.8 Å². The van der Waals surface area contributed by atoms with Crippen LogP contribution in [0.5, 0.6) is 0 Å². The Balaban J connectivity index is 2.16. The third-order valence-corrected chi connectivity index (χ3v) is 2.80. The van der Waals surface area contributed by atoms with E-state index in [1.807, 2.05) is 13.0 Å². The third kappa shape index (κ3) is 2.60. The van der Waals surface area contributed by atoms with Gasteiger partial charge in [-0.05, 0) is 25.1 Å². The minimum atomic E-state index is 0.230. The maximum Gasteiger partial charge on any atom is 0.133 e. The van der Waals surface area contributed by atoms with Crippen LogP contribution in [0.15, 0.2) is 35.2 Å². The molecule has 0 spiro atoms. The number of amidine groups is 1. The van der Waals surface area contributed by atoms with E-state index >= 15 is 0 Å². The number of pyridine rings is 1. The zero-order valence-electron chi connectivity index (χ0n) is 10.4. The van der Waals surface area contributed by atoms with Crippen molar-refractivity contribution in [1.82, 2.24) is 9.88 Å². The Kier molecular flexibility index (Phi) is 3.47. The highest BCUT2D eigenvalue weighted by molar-refractivity contribution is 5.98. The van der Waals surface area contributed by atoms with Gasteiger partial charge in [-0.15, -0.1) is 0 Å². The minimum Gasteiger partial charge on any atom is -0.384 e. The van der Waals surface area contributed by atoms with E-state index in [0.29, 0.717) is 11.7 Å². The molecule has 0 bridgehead atoms. The Morgan fingerprint density at radius 1 is 1.56 bits per heavy atom. The lowest BCUT2D eigenvalue weighted by atomic mass is 10.1. The van der Waals surface area contributed by atoms with Crippen LogP contribution in [0.2, 0.25) is 0 Å². The van der Waals surface area contributed by atoms with Gasteiger partial charge in [0.15, 0.2) is 0 Å². The van der Waals surface area contributed by atoms with Crippen LogP contribution in [-0.2, 0) is 0 Å². The predicted molar refractivity (Wildman–Crippen MR) is 72.7 cm³/mol. The number of aromatic nitrogens is 1. The summed E-state index contributed by atoms with van der Waals surface area (Å²) >= 11 is 0. The van der Waals surface area contributed by atoms with E-state index in [2.05, 4.69) is 14.9 Å². The van der Waals surface area contributed by atoms with Crippen LogP contribution in [0.25, 0.3) is 0 Å². The average molecular weight is 246 g/mol. The first-order valence-electron chi connectivity index (χ1n) is 5.83. The zero-order chi connectivity index (χ0) is 13.1. The van der Waals surface area contributed by atoms with Crippen LogP contribution in [0.3, 0.4) is 0 Å².